The molecule has 9 aromatic rings. The number of hydrogen-bond acceptors (Lipinski definition) is 3. The third kappa shape index (κ3) is 4.86. The van der Waals surface area contributed by atoms with E-state index < -0.39 is 0 Å². The molecule has 0 aliphatic heterocycles. The van der Waals surface area contributed by atoms with Crippen molar-refractivity contribution in [1.29, 1.82) is 0 Å². The number of aromatic nitrogens is 2. The van der Waals surface area contributed by atoms with Gasteiger partial charge in [0.1, 0.15) is 11.2 Å². The minimum Gasteiger partial charge on any atom is -0.456 e. The highest BCUT2D eigenvalue weighted by Gasteiger charge is 2.16. The fourth-order valence-electron chi connectivity index (χ4n) is 6.58. The van der Waals surface area contributed by atoms with Gasteiger partial charge in [-0.15, -0.1) is 0 Å². The molecular formula is C44H28N2O. The van der Waals surface area contributed by atoms with Gasteiger partial charge in [0.15, 0.2) is 5.82 Å². The lowest BCUT2D eigenvalue weighted by molar-refractivity contribution is 0.669. The Hall–Kier alpha value is -6.32. The number of benzene rings is 7. The smallest absolute Gasteiger partial charge is 0.160 e. The minimum absolute atomic E-state index is 0.704. The average Bonchev–Trinajstić information content (AvgIpc) is 3.53. The molecule has 3 nitrogen and oxygen atoms in total. The van der Waals surface area contributed by atoms with Gasteiger partial charge in [0.05, 0.1) is 11.4 Å². The van der Waals surface area contributed by atoms with Crippen molar-refractivity contribution in [2.24, 2.45) is 0 Å². The highest BCUT2D eigenvalue weighted by Crippen LogP contribution is 2.39. The van der Waals surface area contributed by atoms with Crippen molar-refractivity contribution in [2.75, 3.05) is 0 Å². The number of rotatable bonds is 5. The molecule has 0 amide bonds. The summed E-state index contributed by atoms with van der Waals surface area (Å²) >= 11 is 0. The lowest BCUT2D eigenvalue weighted by Gasteiger charge is -2.14. The molecular weight excluding hydrogens is 572 g/mol. The maximum atomic E-state index is 6.12. The standard InChI is InChI=1S/C44H28N2O/c1-3-11-29(12-4-1)30-19-21-31(22-20-30)40-28-41(46-44(45-40)32-13-5-2-6-14-32)37-25-24-34(35-15-7-8-16-36(35)37)33-23-26-43-39(27-33)38-17-9-10-18-42(38)47-43/h1-28H. The topological polar surface area (TPSA) is 38.9 Å². The molecule has 0 N–H and O–H groups in total. The molecule has 0 spiro atoms. The van der Waals surface area contributed by atoms with Gasteiger partial charge in [-0.05, 0) is 57.3 Å². The van der Waals surface area contributed by atoms with E-state index in [1.807, 2.05) is 36.4 Å². The summed E-state index contributed by atoms with van der Waals surface area (Å²) in [6, 6.07) is 59.2. The molecule has 2 heterocycles. The Balaban J connectivity index is 1.20. The second-order valence-electron chi connectivity index (χ2n) is 11.8. The first-order chi connectivity index (χ1) is 23.3. The van der Waals surface area contributed by atoms with Gasteiger partial charge in [-0.3, -0.25) is 0 Å². The van der Waals surface area contributed by atoms with Crippen molar-refractivity contribution in [3.05, 3.63) is 170 Å². The molecule has 3 heteroatoms. The zero-order chi connectivity index (χ0) is 31.2. The zero-order valence-electron chi connectivity index (χ0n) is 25.5. The van der Waals surface area contributed by atoms with Crippen molar-refractivity contribution in [3.63, 3.8) is 0 Å². The molecule has 47 heavy (non-hydrogen) atoms. The predicted molar refractivity (Wildman–Crippen MR) is 194 cm³/mol. The Kier molecular flexibility index (Phi) is 6.46. The summed E-state index contributed by atoms with van der Waals surface area (Å²) in [5.74, 6) is 0.704. The van der Waals surface area contributed by atoms with Gasteiger partial charge in [-0.2, -0.15) is 0 Å². The molecule has 0 radical (unpaired) electrons. The van der Waals surface area contributed by atoms with Crippen molar-refractivity contribution < 1.29 is 4.42 Å². The highest BCUT2D eigenvalue weighted by atomic mass is 16.3. The van der Waals surface area contributed by atoms with Gasteiger partial charge < -0.3 is 4.42 Å². The molecule has 0 atom stereocenters. The summed E-state index contributed by atoms with van der Waals surface area (Å²) < 4.78 is 6.12. The van der Waals surface area contributed by atoms with Gasteiger partial charge in [-0.1, -0.05) is 146 Å². The number of para-hydroxylation sites is 1. The van der Waals surface area contributed by atoms with Crippen molar-refractivity contribution in [1.82, 2.24) is 9.97 Å². The Morgan fingerprint density at radius 1 is 0.319 bits per heavy atom. The maximum absolute atomic E-state index is 6.12. The summed E-state index contributed by atoms with van der Waals surface area (Å²) in [5.41, 5.74) is 11.4. The zero-order valence-corrected chi connectivity index (χ0v) is 25.5. The Bertz CT molecular complexity index is 2550. The van der Waals surface area contributed by atoms with Crippen molar-refractivity contribution in [2.45, 2.75) is 0 Å². The number of furan rings is 1. The van der Waals surface area contributed by atoms with Crippen LogP contribution < -0.4 is 0 Å². The second-order valence-corrected chi connectivity index (χ2v) is 11.8. The third-order valence-corrected chi connectivity index (χ3v) is 8.93. The van der Waals surface area contributed by atoms with Crippen LogP contribution in [0.15, 0.2) is 174 Å². The van der Waals surface area contributed by atoms with Gasteiger partial charge in [0.25, 0.3) is 0 Å². The van der Waals surface area contributed by atoms with Crippen LogP contribution in [0, 0.1) is 0 Å². The van der Waals surface area contributed by atoms with Crippen LogP contribution in [-0.2, 0) is 0 Å². The van der Waals surface area contributed by atoms with E-state index in [0.717, 1.165) is 61.0 Å². The second kappa shape index (κ2) is 11.2. The monoisotopic (exact) mass is 600 g/mol. The van der Waals surface area contributed by atoms with E-state index in [9.17, 15) is 0 Å². The first-order valence-electron chi connectivity index (χ1n) is 15.8. The number of nitrogens with zero attached hydrogens (tertiary/aromatic N) is 2. The summed E-state index contributed by atoms with van der Waals surface area (Å²) in [5, 5.41) is 4.57. The molecule has 9 rings (SSSR count). The first kappa shape index (κ1) is 27.0. The molecule has 0 bridgehead atoms. The van der Waals surface area contributed by atoms with Crippen LogP contribution in [0.3, 0.4) is 0 Å². The van der Waals surface area contributed by atoms with Crippen LogP contribution in [0.1, 0.15) is 0 Å². The van der Waals surface area contributed by atoms with Gasteiger partial charge in [-0.25, -0.2) is 9.97 Å². The van der Waals surface area contributed by atoms with E-state index in [0.29, 0.717) is 5.82 Å². The molecule has 2 aromatic heterocycles. The Morgan fingerprint density at radius 2 is 0.851 bits per heavy atom. The average molecular weight is 601 g/mol. The van der Waals surface area contributed by atoms with Crippen molar-refractivity contribution >= 4 is 32.7 Å². The Morgan fingerprint density at radius 3 is 1.62 bits per heavy atom. The molecule has 0 saturated carbocycles. The van der Waals surface area contributed by atoms with E-state index in [1.165, 1.54) is 22.1 Å². The highest BCUT2D eigenvalue weighted by molar-refractivity contribution is 6.09. The number of hydrogen-bond donors (Lipinski definition) is 0. The molecule has 0 aliphatic rings. The summed E-state index contributed by atoms with van der Waals surface area (Å²) in [7, 11) is 0. The van der Waals surface area contributed by atoms with Crippen LogP contribution in [0.25, 0.3) is 88.9 Å². The molecule has 0 aliphatic carbocycles. The van der Waals surface area contributed by atoms with Crippen molar-refractivity contribution in [3.8, 4) is 56.2 Å². The van der Waals surface area contributed by atoms with Gasteiger partial charge >= 0.3 is 0 Å². The molecule has 220 valence electrons. The van der Waals surface area contributed by atoms with E-state index in [1.54, 1.807) is 0 Å². The number of fused-ring (bicyclic) bond motifs is 4. The van der Waals surface area contributed by atoms with Crippen LogP contribution in [-0.4, -0.2) is 9.97 Å². The SMILES string of the molecule is c1ccc(-c2ccc(-c3cc(-c4ccc(-c5ccc6oc7ccccc7c6c5)c5ccccc45)nc(-c4ccccc4)n3)cc2)cc1. The molecule has 0 saturated heterocycles. The van der Waals surface area contributed by atoms with Crippen LogP contribution in [0.2, 0.25) is 0 Å². The van der Waals surface area contributed by atoms with Gasteiger partial charge in [0, 0.05) is 27.5 Å². The fourth-order valence-corrected chi connectivity index (χ4v) is 6.58. The predicted octanol–water partition coefficient (Wildman–Crippen LogP) is 11.9. The largest absolute Gasteiger partial charge is 0.456 e. The lowest BCUT2D eigenvalue weighted by Crippen LogP contribution is -1.96. The maximum Gasteiger partial charge on any atom is 0.160 e. The normalized spacial score (nSPS) is 11.4. The molecule has 0 unspecified atom stereocenters. The first-order valence-corrected chi connectivity index (χ1v) is 15.8. The fraction of sp³-hybridized carbons (Fsp3) is 0. The van der Waals surface area contributed by atoms with E-state index in [4.69, 9.17) is 14.4 Å². The van der Waals surface area contributed by atoms with Gasteiger partial charge in [0.2, 0.25) is 0 Å². The summed E-state index contributed by atoms with van der Waals surface area (Å²) in [6.07, 6.45) is 0. The molecule has 0 fully saturated rings. The van der Waals surface area contributed by atoms with Crippen LogP contribution in [0.4, 0.5) is 0 Å². The quantitative estimate of drug-likeness (QED) is 0.197. The van der Waals surface area contributed by atoms with E-state index in [2.05, 4.69) is 133 Å². The van der Waals surface area contributed by atoms with E-state index >= 15 is 0 Å². The summed E-state index contributed by atoms with van der Waals surface area (Å²) in [6.45, 7) is 0. The summed E-state index contributed by atoms with van der Waals surface area (Å²) in [4.78, 5) is 10.2. The Labute approximate surface area is 272 Å². The minimum atomic E-state index is 0.704. The van der Waals surface area contributed by atoms with Crippen LogP contribution in [0.5, 0.6) is 0 Å². The van der Waals surface area contributed by atoms with Crippen LogP contribution >= 0.6 is 0 Å². The lowest BCUT2D eigenvalue weighted by atomic mass is 9.92. The van der Waals surface area contributed by atoms with E-state index in [-0.39, 0.29) is 0 Å². The molecule has 7 aromatic carbocycles. The third-order valence-electron chi connectivity index (χ3n) is 8.93.